The van der Waals surface area contributed by atoms with Crippen LogP contribution in [0.1, 0.15) is 0 Å². The molecule has 0 unspecified atom stereocenters. The summed E-state index contributed by atoms with van der Waals surface area (Å²) >= 11 is 0. The molecule has 0 aromatic heterocycles. The second-order valence-corrected chi connectivity index (χ2v) is 7.03. The van der Waals surface area contributed by atoms with E-state index in [-0.39, 0.29) is 12.4 Å². The van der Waals surface area contributed by atoms with Gasteiger partial charge in [0.15, 0.2) is 0 Å². The molecule has 1 heterocycles. The Labute approximate surface area is 120 Å². The minimum Gasteiger partial charge on any atom is -0.492 e. The molecule has 0 radical (unpaired) electrons. The van der Waals surface area contributed by atoms with Gasteiger partial charge in [-0.2, -0.15) is 4.31 Å². The summed E-state index contributed by atoms with van der Waals surface area (Å²) in [4.78, 5) is 2.12. The van der Waals surface area contributed by atoms with Gasteiger partial charge < -0.3 is 15.4 Å². The van der Waals surface area contributed by atoms with Crippen molar-refractivity contribution in [1.29, 1.82) is 0 Å². The molecule has 0 atom stereocenters. The lowest BCUT2D eigenvalue weighted by molar-refractivity contribution is 0.221. The van der Waals surface area contributed by atoms with Gasteiger partial charge in [-0.15, -0.1) is 0 Å². The Morgan fingerprint density at radius 3 is 2.60 bits per heavy atom. The van der Waals surface area contributed by atoms with Crippen molar-refractivity contribution in [2.24, 2.45) is 0 Å². The van der Waals surface area contributed by atoms with Crippen LogP contribution in [-0.2, 0) is 10.0 Å². The van der Waals surface area contributed by atoms with Gasteiger partial charge in [-0.1, -0.05) is 6.07 Å². The molecule has 0 amide bonds. The van der Waals surface area contributed by atoms with Gasteiger partial charge in [-0.05, 0) is 19.2 Å². The van der Waals surface area contributed by atoms with E-state index in [4.69, 9.17) is 10.5 Å². The van der Waals surface area contributed by atoms with Crippen molar-refractivity contribution < 1.29 is 13.2 Å². The minimum absolute atomic E-state index is 0.00842. The average molecular weight is 299 g/mol. The molecule has 1 aliphatic heterocycles. The monoisotopic (exact) mass is 299 g/mol. The molecule has 0 saturated carbocycles. The molecular formula is C13H21N3O3S. The van der Waals surface area contributed by atoms with Gasteiger partial charge >= 0.3 is 0 Å². The van der Waals surface area contributed by atoms with E-state index >= 15 is 0 Å². The fraction of sp³-hybridized carbons (Fsp3) is 0.538. The number of ether oxygens (including phenoxy) is 1. The van der Waals surface area contributed by atoms with Crippen LogP contribution in [0.4, 0.5) is 5.69 Å². The predicted molar refractivity (Wildman–Crippen MR) is 79.2 cm³/mol. The van der Waals surface area contributed by atoms with Crippen molar-refractivity contribution >= 4 is 15.7 Å². The number of nitrogens with zero attached hydrogens (tertiary/aromatic N) is 2. The summed E-state index contributed by atoms with van der Waals surface area (Å²) in [6.07, 6.45) is 0. The summed E-state index contributed by atoms with van der Waals surface area (Å²) in [5.74, 6) is 0.587. The zero-order valence-corrected chi connectivity index (χ0v) is 12.5. The van der Waals surface area contributed by atoms with Crippen molar-refractivity contribution in [3.8, 4) is 5.75 Å². The second-order valence-electron chi connectivity index (χ2n) is 4.94. The molecule has 0 spiro atoms. The second kappa shape index (κ2) is 6.43. The van der Waals surface area contributed by atoms with E-state index in [0.717, 1.165) is 13.1 Å². The first-order chi connectivity index (χ1) is 9.47. The Balaban J connectivity index is 1.83. The van der Waals surface area contributed by atoms with Crippen LogP contribution in [-0.4, -0.2) is 63.2 Å². The van der Waals surface area contributed by atoms with Crippen LogP contribution < -0.4 is 10.5 Å². The summed E-state index contributed by atoms with van der Waals surface area (Å²) in [6, 6.07) is 6.98. The number of rotatable bonds is 5. The van der Waals surface area contributed by atoms with Crippen molar-refractivity contribution in [2.75, 3.05) is 51.3 Å². The zero-order chi connectivity index (χ0) is 14.6. The predicted octanol–water partition coefficient (Wildman–Crippen LogP) is 0.225. The topological polar surface area (TPSA) is 75.9 Å². The molecule has 2 rings (SSSR count). The standard InChI is InChI=1S/C13H21N3O3S/c1-15-5-7-16(8-6-15)20(17,18)10-9-19-13-4-2-3-12(14)11-13/h2-4,11H,5-10,14H2,1H3. The van der Waals surface area contributed by atoms with Crippen LogP contribution in [0.25, 0.3) is 0 Å². The lowest BCUT2D eigenvalue weighted by Gasteiger charge is -2.31. The maximum Gasteiger partial charge on any atom is 0.217 e. The third kappa shape index (κ3) is 4.09. The molecule has 0 aliphatic carbocycles. The lowest BCUT2D eigenvalue weighted by atomic mass is 10.3. The Hall–Kier alpha value is -1.31. The van der Waals surface area contributed by atoms with Gasteiger partial charge in [-0.25, -0.2) is 8.42 Å². The Morgan fingerprint density at radius 2 is 1.95 bits per heavy atom. The van der Waals surface area contributed by atoms with Crippen LogP contribution in [0.3, 0.4) is 0 Å². The number of nitrogens with two attached hydrogens (primary N) is 1. The minimum atomic E-state index is -3.24. The summed E-state index contributed by atoms with van der Waals surface area (Å²) < 4.78 is 31.3. The molecule has 1 aromatic rings. The van der Waals surface area contributed by atoms with Gasteiger partial charge in [0.05, 0.1) is 5.75 Å². The maximum atomic E-state index is 12.2. The molecule has 1 saturated heterocycles. The molecule has 0 bridgehead atoms. The number of hydrogen-bond donors (Lipinski definition) is 1. The largest absolute Gasteiger partial charge is 0.492 e. The highest BCUT2D eigenvalue weighted by Gasteiger charge is 2.25. The van der Waals surface area contributed by atoms with Crippen molar-refractivity contribution in [2.45, 2.75) is 0 Å². The van der Waals surface area contributed by atoms with Gasteiger partial charge in [0, 0.05) is 37.9 Å². The van der Waals surface area contributed by atoms with E-state index in [1.54, 1.807) is 24.3 Å². The van der Waals surface area contributed by atoms with Crippen molar-refractivity contribution in [1.82, 2.24) is 9.21 Å². The van der Waals surface area contributed by atoms with Gasteiger partial charge in [0.25, 0.3) is 0 Å². The summed E-state index contributed by atoms with van der Waals surface area (Å²) in [7, 11) is -1.24. The number of nitrogen functional groups attached to an aromatic ring is 1. The maximum absolute atomic E-state index is 12.2. The molecule has 20 heavy (non-hydrogen) atoms. The van der Waals surface area contributed by atoms with Gasteiger partial charge in [0.1, 0.15) is 12.4 Å². The van der Waals surface area contributed by atoms with E-state index in [1.807, 2.05) is 7.05 Å². The highest BCUT2D eigenvalue weighted by molar-refractivity contribution is 7.89. The molecular weight excluding hydrogens is 278 g/mol. The van der Waals surface area contributed by atoms with Crippen molar-refractivity contribution in [3.63, 3.8) is 0 Å². The fourth-order valence-corrected chi connectivity index (χ4v) is 3.34. The van der Waals surface area contributed by atoms with Crippen LogP contribution in [0.5, 0.6) is 5.75 Å². The Bertz CT molecular complexity index is 540. The highest BCUT2D eigenvalue weighted by atomic mass is 32.2. The first kappa shape index (κ1) is 15.1. The third-order valence-electron chi connectivity index (χ3n) is 3.32. The lowest BCUT2D eigenvalue weighted by Crippen LogP contribution is -2.48. The molecule has 1 fully saturated rings. The van der Waals surface area contributed by atoms with E-state index in [2.05, 4.69) is 4.90 Å². The van der Waals surface area contributed by atoms with Gasteiger partial charge in [0.2, 0.25) is 10.0 Å². The van der Waals surface area contributed by atoms with Crippen LogP contribution in [0.15, 0.2) is 24.3 Å². The molecule has 112 valence electrons. The number of piperazine rings is 1. The average Bonchev–Trinajstić information content (AvgIpc) is 2.39. The van der Waals surface area contributed by atoms with E-state index in [1.165, 1.54) is 4.31 Å². The van der Waals surface area contributed by atoms with E-state index in [9.17, 15) is 8.42 Å². The first-order valence-electron chi connectivity index (χ1n) is 6.62. The van der Waals surface area contributed by atoms with E-state index < -0.39 is 10.0 Å². The number of anilines is 1. The van der Waals surface area contributed by atoms with Crippen LogP contribution >= 0.6 is 0 Å². The van der Waals surface area contributed by atoms with E-state index in [0.29, 0.717) is 24.5 Å². The fourth-order valence-electron chi connectivity index (χ4n) is 2.06. The van der Waals surface area contributed by atoms with Gasteiger partial charge in [-0.3, -0.25) is 0 Å². The van der Waals surface area contributed by atoms with Crippen molar-refractivity contribution in [3.05, 3.63) is 24.3 Å². The normalized spacial score (nSPS) is 18.1. The van der Waals surface area contributed by atoms with Crippen LogP contribution in [0.2, 0.25) is 0 Å². The zero-order valence-electron chi connectivity index (χ0n) is 11.7. The quantitative estimate of drug-likeness (QED) is 0.788. The Morgan fingerprint density at radius 1 is 1.25 bits per heavy atom. The smallest absolute Gasteiger partial charge is 0.217 e. The number of benzene rings is 1. The number of likely N-dealkylation sites (N-methyl/N-ethyl adjacent to an activating group) is 1. The summed E-state index contributed by atoms with van der Waals surface area (Å²) in [5, 5.41) is 0. The number of hydrogen-bond acceptors (Lipinski definition) is 5. The Kier molecular flexibility index (Phi) is 4.85. The summed E-state index contributed by atoms with van der Waals surface area (Å²) in [5.41, 5.74) is 6.24. The number of sulfonamides is 1. The SMILES string of the molecule is CN1CCN(S(=O)(=O)CCOc2cccc(N)c2)CC1. The summed E-state index contributed by atoms with van der Waals surface area (Å²) in [6.45, 7) is 2.79. The third-order valence-corrected chi connectivity index (χ3v) is 5.16. The van der Waals surface area contributed by atoms with Crippen LogP contribution in [0, 0.1) is 0 Å². The molecule has 2 N–H and O–H groups in total. The molecule has 1 aliphatic rings. The molecule has 6 nitrogen and oxygen atoms in total. The first-order valence-corrected chi connectivity index (χ1v) is 8.23. The molecule has 1 aromatic carbocycles. The highest BCUT2D eigenvalue weighted by Crippen LogP contribution is 2.15. The molecule has 7 heteroatoms.